The van der Waals surface area contributed by atoms with E-state index < -0.39 is 46.8 Å². The Morgan fingerprint density at radius 2 is 1.81 bits per heavy atom. The number of ether oxygens (including phenoxy) is 1. The number of hydrogen-bond donors (Lipinski definition) is 6. The number of anilines is 1. The molecular formula is C15H21Cl2N3O10P2. The highest BCUT2D eigenvalue weighted by Crippen LogP contribution is 2.57. The maximum absolute atomic E-state index is 11.7. The Bertz CT molecular complexity index is 1090. The lowest BCUT2D eigenvalue weighted by Crippen LogP contribution is -2.34. The van der Waals surface area contributed by atoms with Crippen molar-refractivity contribution in [3.63, 3.8) is 0 Å². The quantitative estimate of drug-likeness (QED) is 0.269. The molecule has 1 aliphatic heterocycles. The molecule has 0 aliphatic carbocycles. The summed E-state index contributed by atoms with van der Waals surface area (Å²) in [6.45, 7) is 2.87. The molecule has 1 aromatic carbocycles. The van der Waals surface area contributed by atoms with Crippen LogP contribution in [0.4, 0.5) is 5.95 Å². The normalized spacial score (nSPS) is 26.1. The van der Waals surface area contributed by atoms with E-state index in [2.05, 4.69) is 19.1 Å². The van der Waals surface area contributed by atoms with E-state index in [1.54, 1.807) is 0 Å². The van der Waals surface area contributed by atoms with Crippen LogP contribution in [0.3, 0.4) is 0 Å². The van der Waals surface area contributed by atoms with Crippen molar-refractivity contribution in [3.8, 4) is 0 Å². The van der Waals surface area contributed by atoms with E-state index in [1.807, 2.05) is 13.8 Å². The zero-order valence-electron chi connectivity index (χ0n) is 16.6. The molecule has 32 heavy (non-hydrogen) atoms. The van der Waals surface area contributed by atoms with Crippen LogP contribution in [0.2, 0.25) is 10.0 Å². The van der Waals surface area contributed by atoms with E-state index in [4.69, 9.17) is 37.7 Å². The molecule has 13 nitrogen and oxygen atoms in total. The minimum absolute atomic E-state index is 0.0795. The maximum Gasteiger partial charge on any atom is 0.481 e. The summed E-state index contributed by atoms with van der Waals surface area (Å²) in [5, 5.41) is 24.5. The highest BCUT2D eigenvalue weighted by atomic mass is 35.5. The van der Waals surface area contributed by atoms with E-state index in [0.717, 1.165) is 0 Å². The van der Waals surface area contributed by atoms with Gasteiger partial charge in [0.05, 0.1) is 27.7 Å². The van der Waals surface area contributed by atoms with E-state index in [0.29, 0.717) is 11.0 Å². The molecule has 0 bridgehead atoms. The molecule has 1 aliphatic rings. The monoisotopic (exact) mass is 535 g/mol. The third kappa shape index (κ3) is 5.82. The molecule has 5 atom stereocenters. The summed E-state index contributed by atoms with van der Waals surface area (Å²) >= 11 is 12.2. The van der Waals surface area contributed by atoms with E-state index in [9.17, 15) is 24.2 Å². The Hall–Kier alpha value is -0.790. The summed E-state index contributed by atoms with van der Waals surface area (Å²) in [4.78, 5) is 31.2. The minimum atomic E-state index is -5.32. The lowest BCUT2D eigenvalue weighted by Gasteiger charge is -2.21. The van der Waals surface area contributed by atoms with Crippen molar-refractivity contribution < 1.29 is 47.6 Å². The lowest BCUT2D eigenvalue weighted by molar-refractivity contribution is -0.0491. The van der Waals surface area contributed by atoms with Gasteiger partial charge >= 0.3 is 15.6 Å². The zero-order chi connectivity index (χ0) is 24.0. The summed E-state index contributed by atoms with van der Waals surface area (Å²) in [6.07, 6.45) is -5.73. The summed E-state index contributed by atoms with van der Waals surface area (Å²) in [6, 6.07) is 2.94. The molecule has 1 aromatic heterocycles. The third-order valence-electron chi connectivity index (χ3n) is 4.35. The lowest BCUT2D eigenvalue weighted by atomic mass is 10.1. The van der Waals surface area contributed by atoms with Crippen LogP contribution in [-0.4, -0.2) is 65.4 Å². The van der Waals surface area contributed by atoms with Gasteiger partial charge in [-0.05, 0) is 26.0 Å². The number of halogens is 2. The predicted octanol–water partition coefficient (Wildman–Crippen LogP) is 2.01. The number of phosphoric ester groups is 1. The smallest absolute Gasteiger partial charge is 0.387 e. The average Bonchev–Trinajstić information content (AvgIpc) is 3.08. The molecule has 0 amide bonds. The number of fused-ring (bicyclic) bond motifs is 1. The average molecular weight is 536 g/mol. The molecular weight excluding hydrogens is 515 g/mol. The molecule has 2 aromatic rings. The highest BCUT2D eigenvalue weighted by molar-refractivity contribution is 7.60. The van der Waals surface area contributed by atoms with Crippen molar-refractivity contribution in [2.45, 2.75) is 44.4 Å². The van der Waals surface area contributed by atoms with Gasteiger partial charge in [-0.2, -0.15) is 4.31 Å². The first-order valence-electron chi connectivity index (χ1n) is 9.08. The van der Waals surface area contributed by atoms with Crippen molar-refractivity contribution in [3.05, 3.63) is 22.2 Å². The molecule has 1 unspecified atom stereocenters. The third-order valence-corrected chi connectivity index (χ3v) is 7.23. The second-order valence-corrected chi connectivity index (χ2v) is 10.9. The molecule has 1 saturated heterocycles. The molecule has 3 rings (SSSR count). The molecule has 0 saturated carbocycles. The first-order chi connectivity index (χ1) is 14.7. The molecule has 6 N–H and O–H groups in total. The molecule has 2 heterocycles. The number of nitrogens with zero attached hydrogens (tertiary/aromatic N) is 2. The van der Waals surface area contributed by atoms with Crippen LogP contribution in [0.1, 0.15) is 20.1 Å². The number of imidazole rings is 1. The number of aliphatic hydroxyl groups excluding tert-OH is 2. The Labute approximate surface area is 191 Å². The fourth-order valence-electron chi connectivity index (χ4n) is 3.11. The number of rotatable bonds is 8. The highest BCUT2D eigenvalue weighted by Gasteiger charge is 2.46. The number of aliphatic hydroxyl groups is 2. The summed E-state index contributed by atoms with van der Waals surface area (Å²) in [5.41, 5.74) is 0.834. The van der Waals surface area contributed by atoms with Crippen LogP contribution in [0.25, 0.3) is 11.0 Å². The fourth-order valence-corrected chi connectivity index (χ4v) is 5.03. The standard InChI is InChI=1S/C15H21Cl2N3O10P2/c1-6(2)18-15-19-9-3-7(16)8(17)4-10(9)20(15)14-13(22)12(21)11(29-14)5-28-32(26,27)30-31(23,24)25/h3-4,6,11-14,21-22H,5H2,1-2H3,(H,18,19)(H,26,27)(H2,23,24,25)/t11-,12-,13-,14-/m1/s1. The number of benzene rings is 1. The largest absolute Gasteiger partial charge is 0.481 e. The SMILES string of the molecule is CC(C)Nc1nc2cc(Cl)c(Cl)cc2n1[C@@H]1O[C@H](COP(=O)(O)OP(=O)(O)O)[C@@H](O)[C@H]1O. The van der Waals surface area contributed by atoms with Crippen LogP contribution in [0.15, 0.2) is 12.1 Å². The maximum atomic E-state index is 11.7. The molecule has 1 fully saturated rings. The van der Waals surface area contributed by atoms with Crippen molar-refractivity contribution in [2.24, 2.45) is 0 Å². The van der Waals surface area contributed by atoms with Gasteiger partial charge in [0.15, 0.2) is 6.23 Å². The Kier molecular flexibility index (Phi) is 7.63. The molecule has 0 radical (unpaired) electrons. The van der Waals surface area contributed by atoms with Crippen molar-refractivity contribution in [1.29, 1.82) is 0 Å². The Balaban J connectivity index is 1.90. The minimum Gasteiger partial charge on any atom is -0.387 e. The van der Waals surface area contributed by atoms with Gasteiger partial charge in [0, 0.05) is 6.04 Å². The van der Waals surface area contributed by atoms with Crippen LogP contribution in [0, 0.1) is 0 Å². The first-order valence-corrected chi connectivity index (χ1v) is 12.9. The van der Waals surface area contributed by atoms with Gasteiger partial charge in [0.25, 0.3) is 0 Å². The predicted molar refractivity (Wildman–Crippen MR) is 113 cm³/mol. The number of nitrogens with one attached hydrogen (secondary N) is 1. The molecule has 180 valence electrons. The van der Waals surface area contributed by atoms with Gasteiger partial charge in [-0.15, -0.1) is 0 Å². The second kappa shape index (κ2) is 9.46. The van der Waals surface area contributed by atoms with Gasteiger partial charge in [0.2, 0.25) is 5.95 Å². The molecule has 0 spiro atoms. The van der Waals surface area contributed by atoms with Gasteiger partial charge < -0.3 is 34.9 Å². The summed E-state index contributed by atoms with van der Waals surface area (Å²) < 4.78 is 37.7. The number of aromatic nitrogens is 2. The zero-order valence-corrected chi connectivity index (χ0v) is 19.9. The van der Waals surface area contributed by atoms with Crippen molar-refractivity contribution in [2.75, 3.05) is 11.9 Å². The van der Waals surface area contributed by atoms with E-state index >= 15 is 0 Å². The van der Waals surface area contributed by atoms with Crippen LogP contribution < -0.4 is 5.32 Å². The Morgan fingerprint density at radius 1 is 1.19 bits per heavy atom. The summed E-state index contributed by atoms with van der Waals surface area (Å²) in [7, 11) is -10.5. The van der Waals surface area contributed by atoms with Gasteiger partial charge in [0.1, 0.15) is 18.3 Å². The van der Waals surface area contributed by atoms with Gasteiger partial charge in [-0.25, -0.2) is 14.1 Å². The van der Waals surface area contributed by atoms with Crippen LogP contribution in [0.5, 0.6) is 0 Å². The topological polar surface area (TPSA) is 193 Å². The van der Waals surface area contributed by atoms with E-state index in [-0.39, 0.29) is 22.0 Å². The van der Waals surface area contributed by atoms with Crippen LogP contribution >= 0.6 is 38.8 Å². The second-order valence-electron chi connectivity index (χ2n) is 7.24. The Morgan fingerprint density at radius 3 is 2.41 bits per heavy atom. The molecule has 17 heteroatoms. The van der Waals surface area contributed by atoms with E-state index in [1.165, 1.54) is 16.7 Å². The number of phosphoric acid groups is 2. The van der Waals surface area contributed by atoms with Crippen LogP contribution in [-0.2, 0) is 22.7 Å². The van der Waals surface area contributed by atoms with Crippen molar-refractivity contribution in [1.82, 2.24) is 9.55 Å². The van der Waals surface area contributed by atoms with Crippen molar-refractivity contribution >= 4 is 55.8 Å². The fraction of sp³-hybridized carbons (Fsp3) is 0.533. The first kappa shape index (κ1) is 25.8. The van der Waals surface area contributed by atoms with Gasteiger partial charge in [-0.1, -0.05) is 23.2 Å². The number of hydrogen-bond acceptors (Lipinski definition) is 9. The summed E-state index contributed by atoms with van der Waals surface area (Å²) in [5.74, 6) is 0.267. The van der Waals surface area contributed by atoms with Gasteiger partial charge in [-0.3, -0.25) is 9.09 Å².